The first-order valence-electron chi connectivity index (χ1n) is 10.7. The number of aromatic nitrogens is 3. The number of nitrogen functional groups attached to an aromatic ring is 1. The molecule has 0 amide bonds. The van der Waals surface area contributed by atoms with E-state index < -0.39 is 17.8 Å². The predicted octanol–water partition coefficient (Wildman–Crippen LogP) is 3.91. The van der Waals surface area contributed by atoms with Crippen molar-refractivity contribution in [3.8, 4) is 5.75 Å². The summed E-state index contributed by atoms with van der Waals surface area (Å²) in [5, 5.41) is 13.9. The van der Waals surface area contributed by atoms with E-state index in [0.717, 1.165) is 5.69 Å². The third-order valence-electron chi connectivity index (χ3n) is 6.16. The van der Waals surface area contributed by atoms with Gasteiger partial charge < -0.3 is 26.5 Å². The molecular formula is C24H31FN6O. The lowest BCUT2D eigenvalue weighted by Crippen LogP contribution is -2.64. The molecule has 7 nitrogen and oxygen atoms in total. The number of fused-ring (bicyclic) bond motifs is 1. The number of rotatable bonds is 3. The summed E-state index contributed by atoms with van der Waals surface area (Å²) in [7, 11) is 0. The van der Waals surface area contributed by atoms with Crippen LogP contribution in [0.3, 0.4) is 0 Å². The van der Waals surface area contributed by atoms with E-state index >= 15 is 4.39 Å². The number of nitrogens with two attached hydrogens (primary N) is 2. The summed E-state index contributed by atoms with van der Waals surface area (Å²) in [6, 6.07) is 4.66. The zero-order valence-corrected chi connectivity index (χ0v) is 19.1. The fourth-order valence-electron chi connectivity index (χ4n) is 4.84. The number of hydrogen-bond acceptors (Lipinski definition) is 6. The average molecular weight is 439 g/mol. The van der Waals surface area contributed by atoms with Crippen LogP contribution in [-0.2, 0) is 0 Å². The molecule has 0 aliphatic carbocycles. The molecule has 0 bridgehead atoms. The van der Waals surface area contributed by atoms with Crippen molar-refractivity contribution in [3.05, 3.63) is 47.4 Å². The van der Waals surface area contributed by atoms with Crippen molar-refractivity contribution in [1.82, 2.24) is 19.9 Å². The molecule has 1 aromatic carbocycles. The topological polar surface area (TPSA) is 115 Å². The van der Waals surface area contributed by atoms with Crippen LogP contribution < -0.4 is 16.8 Å². The molecule has 2 aromatic heterocycles. The zero-order valence-electron chi connectivity index (χ0n) is 19.1. The van der Waals surface area contributed by atoms with Crippen LogP contribution in [0.4, 0.5) is 10.2 Å². The van der Waals surface area contributed by atoms with E-state index in [9.17, 15) is 5.11 Å². The van der Waals surface area contributed by atoms with Gasteiger partial charge in [-0.1, -0.05) is 0 Å². The minimum Gasteiger partial charge on any atom is -0.507 e. The van der Waals surface area contributed by atoms with Crippen LogP contribution in [0.1, 0.15) is 57.0 Å². The molecule has 1 saturated heterocycles. The molecule has 0 saturated carbocycles. The predicted molar refractivity (Wildman–Crippen MR) is 127 cm³/mol. The molecule has 4 rings (SSSR count). The molecule has 8 heteroatoms. The molecule has 3 aromatic rings. The molecule has 170 valence electrons. The Kier molecular flexibility index (Phi) is 5.16. The van der Waals surface area contributed by atoms with Gasteiger partial charge in [-0.15, -0.1) is 0 Å². The van der Waals surface area contributed by atoms with E-state index in [-0.39, 0.29) is 11.3 Å². The van der Waals surface area contributed by atoms with Gasteiger partial charge in [-0.2, -0.15) is 0 Å². The molecule has 1 fully saturated rings. The van der Waals surface area contributed by atoms with Gasteiger partial charge in [0.05, 0.1) is 22.8 Å². The zero-order chi connectivity index (χ0) is 23.4. The summed E-state index contributed by atoms with van der Waals surface area (Å²) in [5.74, 6) is 0.444. The Balaban J connectivity index is 1.70. The lowest BCUT2D eigenvalue weighted by molar-refractivity contribution is 0.0308. The van der Waals surface area contributed by atoms with E-state index in [0.29, 0.717) is 40.1 Å². The van der Waals surface area contributed by atoms with Gasteiger partial charge in [0.2, 0.25) is 0 Å². The second-order valence-electron chi connectivity index (χ2n) is 9.94. The highest BCUT2D eigenvalue weighted by atomic mass is 19.1. The van der Waals surface area contributed by atoms with Gasteiger partial charge in [0.1, 0.15) is 17.7 Å². The Bertz CT molecular complexity index is 1210. The number of nitrogens with zero attached hydrogens (tertiary/aromatic N) is 3. The molecule has 32 heavy (non-hydrogen) atoms. The minimum atomic E-state index is -1.12. The van der Waals surface area contributed by atoms with Crippen LogP contribution in [0, 0.1) is 6.92 Å². The maximum Gasteiger partial charge on any atom is 0.138 e. The first kappa shape index (κ1) is 22.1. The normalized spacial score (nSPS) is 22.9. The maximum absolute atomic E-state index is 15.4. The number of phenols is 1. The number of aromatic hydroxyl groups is 1. The standard InChI is InChI=1S/C24H31FN6O/c1-13-12-28-17-9-15(20(32)10-18(17)29-13)16(26)8-14-6-7-31(22(14)27)19-11-23(2,3)30-24(4,5)21(19)25/h6-10,12,19,21,30,32H,11,26-27H2,1-5H3/b16-8-. The van der Waals surface area contributed by atoms with E-state index in [2.05, 4.69) is 29.1 Å². The highest BCUT2D eigenvalue weighted by Crippen LogP contribution is 2.40. The number of nitrogens with one attached hydrogen (secondary N) is 1. The number of phenolic OH excluding ortho intramolecular Hbond substituents is 1. The number of anilines is 1. The van der Waals surface area contributed by atoms with Crippen molar-refractivity contribution < 1.29 is 9.50 Å². The average Bonchev–Trinajstić information content (AvgIpc) is 3.03. The van der Waals surface area contributed by atoms with Crippen LogP contribution in [0.15, 0.2) is 30.6 Å². The first-order chi connectivity index (χ1) is 14.9. The molecule has 6 N–H and O–H groups in total. The van der Waals surface area contributed by atoms with E-state index in [1.807, 2.05) is 26.8 Å². The van der Waals surface area contributed by atoms with Crippen molar-refractivity contribution in [3.63, 3.8) is 0 Å². The van der Waals surface area contributed by atoms with Crippen LogP contribution in [0.2, 0.25) is 0 Å². The number of benzene rings is 1. The number of aryl methyl sites for hydroxylation is 1. The van der Waals surface area contributed by atoms with Crippen LogP contribution in [0.5, 0.6) is 5.75 Å². The molecule has 2 unspecified atom stereocenters. The van der Waals surface area contributed by atoms with E-state index in [4.69, 9.17) is 11.5 Å². The summed E-state index contributed by atoms with van der Waals surface area (Å²) in [5.41, 5.74) is 15.3. The van der Waals surface area contributed by atoms with Gasteiger partial charge in [0.15, 0.2) is 0 Å². The number of hydrogen-bond donors (Lipinski definition) is 4. The van der Waals surface area contributed by atoms with Crippen molar-refractivity contribution >= 4 is 28.6 Å². The first-order valence-corrected chi connectivity index (χ1v) is 10.7. The third-order valence-corrected chi connectivity index (χ3v) is 6.16. The monoisotopic (exact) mass is 438 g/mol. The summed E-state index contributed by atoms with van der Waals surface area (Å²) in [6.07, 6.45) is 4.64. The van der Waals surface area contributed by atoms with Crippen molar-refractivity contribution in [2.24, 2.45) is 5.73 Å². The van der Waals surface area contributed by atoms with Gasteiger partial charge in [-0.25, -0.2) is 9.37 Å². The van der Waals surface area contributed by atoms with Crippen LogP contribution >= 0.6 is 0 Å². The number of piperidine rings is 1. The van der Waals surface area contributed by atoms with Crippen LogP contribution in [0.25, 0.3) is 22.8 Å². The van der Waals surface area contributed by atoms with Crippen molar-refractivity contribution in [2.75, 3.05) is 5.73 Å². The highest BCUT2D eigenvalue weighted by Gasteiger charge is 2.47. The smallest absolute Gasteiger partial charge is 0.138 e. The largest absolute Gasteiger partial charge is 0.507 e. The van der Waals surface area contributed by atoms with Gasteiger partial charge >= 0.3 is 0 Å². The Morgan fingerprint density at radius 3 is 2.72 bits per heavy atom. The van der Waals surface area contributed by atoms with Crippen molar-refractivity contribution in [2.45, 2.75) is 64.3 Å². The van der Waals surface area contributed by atoms with Gasteiger partial charge in [0.25, 0.3) is 0 Å². The fourth-order valence-corrected chi connectivity index (χ4v) is 4.84. The quantitative estimate of drug-likeness (QED) is 0.493. The van der Waals surface area contributed by atoms with E-state index in [1.54, 1.807) is 35.2 Å². The van der Waals surface area contributed by atoms with Gasteiger partial charge in [-0.05, 0) is 59.2 Å². The molecule has 3 heterocycles. The third kappa shape index (κ3) is 3.90. The highest BCUT2D eigenvalue weighted by molar-refractivity contribution is 5.89. The SMILES string of the molecule is Cc1cnc2cc(/C(N)=C/c3ccn(C4CC(C)(C)NC(C)(C)C4F)c3N)c(O)cc2n1. The number of alkyl halides is 1. The summed E-state index contributed by atoms with van der Waals surface area (Å²) < 4.78 is 17.2. The van der Waals surface area contributed by atoms with Crippen LogP contribution in [-0.4, -0.2) is 36.9 Å². The lowest BCUT2D eigenvalue weighted by atomic mass is 9.78. The lowest BCUT2D eigenvalue weighted by Gasteiger charge is -2.49. The van der Waals surface area contributed by atoms with Crippen molar-refractivity contribution in [1.29, 1.82) is 0 Å². The fraction of sp³-hybridized carbons (Fsp3) is 0.417. The molecule has 0 radical (unpaired) electrons. The minimum absolute atomic E-state index is 0.00910. The Hall–Kier alpha value is -3.13. The Morgan fingerprint density at radius 2 is 2.00 bits per heavy atom. The summed E-state index contributed by atoms with van der Waals surface area (Å²) in [4.78, 5) is 8.73. The second kappa shape index (κ2) is 7.48. The Morgan fingerprint density at radius 1 is 1.28 bits per heavy atom. The summed E-state index contributed by atoms with van der Waals surface area (Å²) >= 11 is 0. The number of halogens is 1. The Labute approximate surface area is 187 Å². The van der Waals surface area contributed by atoms with E-state index in [1.165, 1.54) is 0 Å². The second-order valence-corrected chi connectivity index (χ2v) is 9.94. The maximum atomic E-state index is 15.4. The molecule has 0 spiro atoms. The molecule has 2 atom stereocenters. The van der Waals surface area contributed by atoms with Gasteiger partial charge in [-0.3, -0.25) is 4.98 Å². The molecular weight excluding hydrogens is 407 g/mol. The molecule has 1 aliphatic heterocycles. The molecule has 1 aliphatic rings. The summed E-state index contributed by atoms with van der Waals surface area (Å²) in [6.45, 7) is 9.72. The van der Waals surface area contributed by atoms with Gasteiger partial charge in [0, 0.05) is 46.4 Å².